The van der Waals surface area contributed by atoms with E-state index < -0.39 is 0 Å². The molecule has 0 N–H and O–H groups in total. The van der Waals surface area contributed by atoms with Crippen LogP contribution >= 0.6 is 0 Å². The van der Waals surface area contributed by atoms with Gasteiger partial charge in [-0.1, -0.05) is 0 Å². The summed E-state index contributed by atoms with van der Waals surface area (Å²) in [5, 5.41) is 0. The molecule has 1 atom stereocenters. The van der Waals surface area contributed by atoms with Crippen molar-refractivity contribution in [3.8, 4) is 0 Å². The third kappa shape index (κ3) is 4.21. The van der Waals surface area contributed by atoms with Crippen molar-refractivity contribution in [3.63, 3.8) is 0 Å². The Hall–Kier alpha value is -0.0800. The molecule has 0 saturated carbocycles. The summed E-state index contributed by atoms with van der Waals surface area (Å²) < 4.78 is 0.919. The molecule has 20 heavy (non-hydrogen) atoms. The summed E-state index contributed by atoms with van der Waals surface area (Å²) in [5.74, 6) is -0.346. The van der Waals surface area contributed by atoms with E-state index in [1.807, 2.05) is 5.57 Å². The number of hydrogen-bond acceptors (Lipinski definition) is 0. The predicted octanol–water partition coefficient (Wildman–Crippen LogP) is -1.22. The van der Waals surface area contributed by atoms with Crippen LogP contribution in [-0.4, -0.2) is 5.92 Å². The van der Waals surface area contributed by atoms with Gasteiger partial charge in [0.25, 0.3) is 0 Å². The van der Waals surface area contributed by atoms with Crippen molar-refractivity contribution < 1.29 is 31.8 Å². The van der Waals surface area contributed by atoms with Gasteiger partial charge in [0.05, 0.1) is 0 Å². The molecule has 1 aromatic rings. The summed E-state index contributed by atoms with van der Waals surface area (Å²) in [4.78, 5) is 0. The number of fused-ring (bicyclic) bond motifs is 1. The first-order chi connectivity index (χ1) is 8.65. The van der Waals surface area contributed by atoms with Gasteiger partial charge in [0.1, 0.15) is 0 Å². The van der Waals surface area contributed by atoms with Crippen molar-refractivity contribution in [2.75, 3.05) is 0 Å². The summed E-state index contributed by atoms with van der Waals surface area (Å²) >= 11 is -0.215. The van der Waals surface area contributed by atoms with E-state index in [0.29, 0.717) is 0 Å². The molecule has 0 fully saturated rings. The average molecular weight is 374 g/mol. The molecule has 1 aromatic carbocycles. The van der Waals surface area contributed by atoms with E-state index in [-0.39, 0.29) is 37.7 Å². The molecular formula is C16H24F2SiZr. The molecule has 110 valence electrons. The van der Waals surface area contributed by atoms with Crippen LogP contribution in [0.3, 0.4) is 0 Å². The summed E-state index contributed by atoms with van der Waals surface area (Å²) in [6, 6.07) is 9.20. The molecule has 0 bridgehead atoms. The molecule has 0 aliphatic heterocycles. The fraction of sp³-hybridized carbons (Fsp3) is 0.500. The third-order valence-electron chi connectivity index (χ3n) is 3.81. The van der Waals surface area contributed by atoms with Crippen LogP contribution in [0.2, 0.25) is 13.1 Å². The normalized spacial score (nSPS) is 16.4. The average Bonchev–Trinajstić information content (AvgIpc) is 2.61. The fourth-order valence-electron chi connectivity index (χ4n) is 2.89. The van der Waals surface area contributed by atoms with Crippen LogP contribution in [0.5, 0.6) is 0 Å². The van der Waals surface area contributed by atoms with E-state index in [1.165, 1.54) is 19.3 Å². The molecule has 1 unspecified atom stereocenters. The number of rotatable bonds is 5. The van der Waals surface area contributed by atoms with Crippen molar-refractivity contribution in [1.29, 1.82) is 0 Å². The van der Waals surface area contributed by atoms with Crippen LogP contribution in [0.15, 0.2) is 29.8 Å². The second-order valence-corrected chi connectivity index (χ2v) is 20.6. The molecule has 0 amide bonds. The van der Waals surface area contributed by atoms with Gasteiger partial charge >= 0.3 is 125 Å². The van der Waals surface area contributed by atoms with Crippen LogP contribution in [-0.2, 0) is 22.4 Å². The number of halogens is 2. The van der Waals surface area contributed by atoms with E-state index in [0.717, 1.165) is 3.63 Å². The Labute approximate surface area is 133 Å². The topological polar surface area (TPSA) is 0 Å². The van der Waals surface area contributed by atoms with Gasteiger partial charge in [-0.05, 0) is 0 Å². The second kappa shape index (κ2) is 9.04. The van der Waals surface area contributed by atoms with Gasteiger partial charge in [0.2, 0.25) is 0 Å². The van der Waals surface area contributed by atoms with Crippen molar-refractivity contribution in [2.24, 2.45) is 0 Å². The fourth-order valence-corrected chi connectivity index (χ4v) is 13.2. The van der Waals surface area contributed by atoms with Crippen molar-refractivity contribution in [1.82, 2.24) is 0 Å². The van der Waals surface area contributed by atoms with Crippen LogP contribution in [0, 0.1) is 0 Å². The van der Waals surface area contributed by atoms with Gasteiger partial charge in [-0.25, -0.2) is 0 Å². The Morgan fingerprint density at radius 1 is 1.15 bits per heavy atom. The maximum absolute atomic E-state index is 2.56. The molecule has 0 aromatic heterocycles. The summed E-state index contributed by atoms with van der Waals surface area (Å²) in [5.41, 5.74) is 6.71. The first-order valence-corrected chi connectivity index (χ1v) is 15.8. The van der Waals surface area contributed by atoms with Crippen LogP contribution in [0.1, 0.15) is 47.9 Å². The number of benzene rings is 1. The van der Waals surface area contributed by atoms with Gasteiger partial charge in [-0.3, -0.25) is 0 Å². The number of allylic oxidation sites excluding steroid dienone is 2. The first kappa shape index (κ1) is 19.9. The molecule has 2 rings (SSSR count). The Kier molecular flexibility index (Phi) is 9.01. The van der Waals surface area contributed by atoms with Gasteiger partial charge in [0, 0.05) is 0 Å². The van der Waals surface area contributed by atoms with Crippen LogP contribution in [0.25, 0.3) is 5.57 Å². The maximum atomic E-state index is 2.56. The zero-order valence-electron chi connectivity index (χ0n) is 12.8. The monoisotopic (exact) mass is 372 g/mol. The minimum absolute atomic E-state index is 0. The van der Waals surface area contributed by atoms with Gasteiger partial charge in [-0.2, -0.15) is 0 Å². The number of hydrogen-bond donors (Lipinski definition) is 0. The van der Waals surface area contributed by atoms with Crippen molar-refractivity contribution in [3.05, 3.63) is 41.0 Å². The smallest absolute Gasteiger partial charge is 1.00 e. The van der Waals surface area contributed by atoms with E-state index in [2.05, 4.69) is 51.2 Å². The van der Waals surface area contributed by atoms with E-state index in [4.69, 9.17) is 0 Å². The molecule has 0 heterocycles. The molecule has 1 aliphatic rings. The molecular weight excluding hydrogens is 349 g/mol. The largest absolute Gasteiger partial charge is 1.00 e. The van der Waals surface area contributed by atoms with Crippen molar-refractivity contribution in [2.45, 2.75) is 49.8 Å². The van der Waals surface area contributed by atoms with Crippen LogP contribution < -0.4 is 9.41 Å². The summed E-state index contributed by atoms with van der Waals surface area (Å²) in [6.45, 7) is 9.79. The minimum atomic E-state index is -0.346. The van der Waals surface area contributed by atoms with E-state index >= 15 is 0 Å². The number of unbranched alkanes of at least 4 members (excludes halogenated alkanes) is 1. The van der Waals surface area contributed by atoms with Gasteiger partial charge < -0.3 is 9.41 Å². The quantitative estimate of drug-likeness (QED) is 0.568. The Morgan fingerprint density at radius 2 is 1.80 bits per heavy atom. The molecule has 0 radical (unpaired) electrons. The second-order valence-electron chi connectivity index (χ2n) is 5.60. The van der Waals surface area contributed by atoms with E-state index in [1.54, 1.807) is 16.7 Å². The predicted molar refractivity (Wildman–Crippen MR) is 80.2 cm³/mol. The standard InChI is InChI=1S/C14H17.C2H7Si.2FH.Zr/c1-3-4-7-12-10-13-8-5-6-9-14(13)11(12)2;1-3-2;;;/h5-6,8-10H,3-4,7H2,1-2H3;3H,1-2H3;2*1H;/q;;;;+2/p-2. The summed E-state index contributed by atoms with van der Waals surface area (Å²) in [6.07, 6.45) is 4.05. The van der Waals surface area contributed by atoms with E-state index in [9.17, 15) is 0 Å². The Bertz CT molecular complexity index is 458. The Morgan fingerprint density at radius 3 is 2.40 bits per heavy atom. The molecule has 4 heteroatoms. The van der Waals surface area contributed by atoms with Crippen molar-refractivity contribution >= 4 is 11.5 Å². The minimum Gasteiger partial charge on any atom is -1.00 e. The van der Waals surface area contributed by atoms with Gasteiger partial charge in [0.15, 0.2) is 0 Å². The summed E-state index contributed by atoms with van der Waals surface area (Å²) in [7, 11) is 0. The van der Waals surface area contributed by atoms with Crippen LogP contribution in [0.4, 0.5) is 0 Å². The molecule has 1 aliphatic carbocycles. The zero-order valence-corrected chi connectivity index (χ0v) is 16.5. The van der Waals surface area contributed by atoms with Gasteiger partial charge in [-0.15, -0.1) is 0 Å². The first-order valence-electron chi connectivity index (χ1n) is 7.20. The SMILES string of the molecule is CCCCC1=C(C)c2ccccc2[CH]1[Zr+2][SiH](C)C.[F-].[F-]. The maximum Gasteiger partial charge on any atom is -1.00 e. The molecule has 0 nitrogen and oxygen atoms in total. The Balaban J connectivity index is 0.00000180. The third-order valence-corrected chi connectivity index (χ3v) is 13.8. The molecule has 0 saturated heterocycles. The zero-order chi connectivity index (χ0) is 13.1. The molecule has 0 spiro atoms.